The summed E-state index contributed by atoms with van der Waals surface area (Å²) in [6.45, 7) is 1.72. The van der Waals surface area contributed by atoms with E-state index < -0.39 is 11.6 Å². The largest absolute Gasteiger partial charge is 0.457 e. The standard InChI is InChI=1S/C13H13N3O3/c1-7-6-13(10(11(14)17)12(15)18-7)16-8-4-2-3-5-9(8)19-13/h2-6,16H,15H2,1H3,(H2,14,17)/t13-/m1/s1. The summed E-state index contributed by atoms with van der Waals surface area (Å²) in [7, 11) is 0. The second-order valence-corrected chi connectivity index (χ2v) is 4.42. The molecule has 0 saturated heterocycles. The fourth-order valence-corrected chi connectivity index (χ4v) is 2.34. The predicted molar refractivity (Wildman–Crippen MR) is 68.7 cm³/mol. The summed E-state index contributed by atoms with van der Waals surface area (Å²) in [4.78, 5) is 11.6. The van der Waals surface area contributed by atoms with Gasteiger partial charge in [0.15, 0.2) is 0 Å². The average molecular weight is 259 g/mol. The Bertz CT molecular complexity index is 609. The van der Waals surface area contributed by atoms with Gasteiger partial charge in [0.2, 0.25) is 11.6 Å². The van der Waals surface area contributed by atoms with Gasteiger partial charge in [-0.1, -0.05) is 12.1 Å². The molecule has 1 aromatic carbocycles. The van der Waals surface area contributed by atoms with Gasteiger partial charge in [0.25, 0.3) is 5.91 Å². The van der Waals surface area contributed by atoms with E-state index in [1.165, 1.54) is 0 Å². The van der Waals surface area contributed by atoms with Crippen molar-refractivity contribution in [1.82, 2.24) is 0 Å². The van der Waals surface area contributed by atoms with E-state index in [-0.39, 0.29) is 11.5 Å². The molecule has 6 nitrogen and oxygen atoms in total. The molecule has 98 valence electrons. The van der Waals surface area contributed by atoms with Crippen molar-refractivity contribution < 1.29 is 14.3 Å². The van der Waals surface area contributed by atoms with E-state index in [0.717, 1.165) is 5.69 Å². The van der Waals surface area contributed by atoms with E-state index in [9.17, 15) is 4.79 Å². The number of ether oxygens (including phenoxy) is 2. The van der Waals surface area contributed by atoms with Crippen LogP contribution in [0.5, 0.6) is 5.75 Å². The van der Waals surface area contributed by atoms with Gasteiger partial charge < -0.3 is 26.3 Å². The first-order chi connectivity index (χ1) is 9.02. The molecule has 1 aromatic rings. The van der Waals surface area contributed by atoms with Crippen LogP contribution in [-0.2, 0) is 9.53 Å². The minimum absolute atomic E-state index is 0.0483. The number of allylic oxidation sites excluding steroid dienone is 1. The smallest absolute Gasteiger partial charge is 0.256 e. The zero-order valence-corrected chi connectivity index (χ0v) is 10.3. The van der Waals surface area contributed by atoms with Crippen LogP contribution in [0.2, 0.25) is 0 Å². The molecule has 1 amide bonds. The second-order valence-electron chi connectivity index (χ2n) is 4.42. The van der Waals surface area contributed by atoms with Crippen LogP contribution >= 0.6 is 0 Å². The van der Waals surface area contributed by atoms with Gasteiger partial charge in [0, 0.05) is 6.08 Å². The Morgan fingerprint density at radius 2 is 2.11 bits per heavy atom. The van der Waals surface area contributed by atoms with Gasteiger partial charge in [0.1, 0.15) is 17.1 Å². The highest BCUT2D eigenvalue weighted by atomic mass is 16.5. The summed E-state index contributed by atoms with van der Waals surface area (Å²) < 4.78 is 11.1. The van der Waals surface area contributed by atoms with Gasteiger partial charge in [-0.25, -0.2) is 0 Å². The number of nitrogens with one attached hydrogen (secondary N) is 1. The summed E-state index contributed by atoms with van der Waals surface area (Å²) in [6.07, 6.45) is 1.64. The maximum atomic E-state index is 11.6. The molecule has 1 atom stereocenters. The normalized spacial score (nSPS) is 24.2. The zero-order valence-electron chi connectivity index (χ0n) is 10.3. The predicted octanol–water partition coefficient (Wildman–Crippen LogP) is 0.777. The van der Waals surface area contributed by atoms with Crippen LogP contribution in [0.3, 0.4) is 0 Å². The van der Waals surface area contributed by atoms with Crippen LogP contribution in [0.4, 0.5) is 5.69 Å². The maximum absolute atomic E-state index is 11.6. The Kier molecular flexibility index (Phi) is 2.22. The lowest BCUT2D eigenvalue weighted by molar-refractivity contribution is -0.116. The van der Waals surface area contributed by atoms with Crippen LogP contribution < -0.4 is 21.5 Å². The van der Waals surface area contributed by atoms with E-state index in [0.29, 0.717) is 11.5 Å². The molecule has 0 bridgehead atoms. The van der Waals surface area contributed by atoms with E-state index >= 15 is 0 Å². The fourth-order valence-electron chi connectivity index (χ4n) is 2.34. The van der Waals surface area contributed by atoms with Crippen LogP contribution in [0.15, 0.2) is 47.6 Å². The number of anilines is 1. The van der Waals surface area contributed by atoms with Crippen molar-refractivity contribution in [3.63, 3.8) is 0 Å². The fraction of sp³-hybridized carbons (Fsp3) is 0.154. The number of primary amides is 1. The first kappa shape index (κ1) is 11.5. The number of benzene rings is 1. The third-order valence-corrected chi connectivity index (χ3v) is 3.02. The van der Waals surface area contributed by atoms with Crippen molar-refractivity contribution >= 4 is 11.6 Å². The molecule has 2 heterocycles. The Hall–Kier alpha value is -2.63. The SMILES string of the molecule is CC1=C[C@]2(Nc3ccccc3O2)C(C(N)=O)=C(N)O1. The summed E-state index contributed by atoms with van der Waals surface area (Å²) in [5.41, 5.74) is 10.8. The van der Waals surface area contributed by atoms with Gasteiger partial charge in [-0.05, 0) is 19.1 Å². The molecule has 5 N–H and O–H groups in total. The van der Waals surface area contributed by atoms with Crippen LogP contribution in [0, 0.1) is 0 Å². The van der Waals surface area contributed by atoms with Crippen molar-refractivity contribution in [3.8, 4) is 5.75 Å². The van der Waals surface area contributed by atoms with E-state index in [1.54, 1.807) is 19.1 Å². The molecule has 1 spiro atoms. The molecule has 2 aliphatic heterocycles. The second kappa shape index (κ2) is 3.68. The topological polar surface area (TPSA) is 99.6 Å². The number of carbonyl (C=O) groups excluding carboxylic acids is 1. The van der Waals surface area contributed by atoms with E-state index in [1.807, 2.05) is 18.2 Å². The molecular weight excluding hydrogens is 246 g/mol. The molecule has 0 radical (unpaired) electrons. The van der Waals surface area contributed by atoms with Crippen molar-refractivity contribution in [2.24, 2.45) is 11.5 Å². The number of amides is 1. The first-order valence-corrected chi connectivity index (χ1v) is 5.75. The highest BCUT2D eigenvalue weighted by molar-refractivity contribution is 5.97. The molecule has 6 heteroatoms. The van der Waals surface area contributed by atoms with E-state index in [2.05, 4.69) is 5.32 Å². The maximum Gasteiger partial charge on any atom is 0.256 e. The van der Waals surface area contributed by atoms with Crippen LogP contribution in [0.25, 0.3) is 0 Å². The number of nitrogens with two attached hydrogens (primary N) is 2. The van der Waals surface area contributed by atoms with E-state index in [4.69, 9.17) is 20.9 Å². The monoisotopic (exact) mass is 259 g/mol. The first-order valence-electron chi connectivity index (χ1n) is 5.75. The third kappa shape index (κ3) is 1.61. The molecule has 0 saturated carbocycles. The minimum Gasteiger partial charge on any atom is -0.457 e. The molecule has 0 aliphatic carbocycles. The number of fused-ring (bicyclic) bond motifs is 1. The molecule has 0 fully saturated rings. The highest BCUT2D eigenvalue weighted by Crippen LogP contribution is 2.43. The van der Waals surface area contributed by atoms with Gasteiger partial charge in [-0.2, -0.15) is 0 Å². The number of rotatable bonds is 1. The highest BCUT2D eigenvalue weighted by Gasteiger charge is 2.47. The summed E-state index contributed by atoms with van der Waals surface area (Å²) in [6, 6.07) is 7.34. The molecule has 2 aliphatic rings. The third-order valence-electron chi connectivity index (χ3n) is 3.02. The summed E-state index contributed by atoms with van der Waals surface area (Å²) in [5.74, 6) is 0.414. The lowest BCUT2D eigenvalue weighted by atomic mass is 10.00. The molecular formula is C13H13N3O3. The van der Waals surface area contributed by atoms with Gasteiger partial charge >= 0.3 is 0 Å². The van der Waals surface area contributed by atoms with Crippen molar-refractivity contribution in [2.45, 2.75) is 12.6 Å². The van der Waals surface area contributed by atoms with Crippen molar-refractivity contribution in [3.05, 3.63) is 47.6 Å². The Balaban J connectivity index is 2.13. The minimum atomic E-state index is -1.19. The molecule has 0 unspecified atom stereocenters. The number of carbonyl (C=O) groups is 1. The number of hydrogen-bond donors (Lipinski definition) is 3. The summed E-state index contributed by atoms with van der Waals surface area (Å²) >= 11 is 0. The van der Waals surface area contributed by atoms with Gasteiger partial charge in [-0.15, -0.1) is 0 Å². The zero-order chi connectivity index (χ0) is 13.6. The molecule has 3 rings (SSSR count). The van der Waals surface area contributed by atoms with Gasteiger partial charge in [0.05, 0.1) is 5.69 Å². The van der Waals surface area contributed by atoms with Gasteiger partial charge in [-0.3, -0.25) is 4.79 Å². The number of hydrogen-bond acceptors (Lipinski definition) is 5. The van der Waals surface area contributed by atoms with Crippen LogP contribution in [0.1, 0.15) is 6.92 Å². The van der Waals surface area contributed by atoms with Crippen molar-refractivity contribution in [2.75, 3.05) is 5.32 Å². The Morgan fingerprint density at radius 3 is 2.79 bits per heavy atom. The quantitative estimate of drug-likeness (QED) is 0.692. The molecule has 0 aromatic heterocycles. The van der Waals surface area contributed by atoms with Crippen molar-refractivity contribution in [1.29, 1.82) is 0 Å². The average Bonchev–Trinajstić information content (AvgIpc) is 2.64. The number of para-hydroxylation sites is 2. The molecule has 19 heavy (non-hydrogen) atoms. The summed E-state index contributed by atoms with van der Waals surface area (Å²) in [5, 5.41) is 3.12. The van der Waals surface area contributed by atoms with Crippen LogP contribution in [-0.4, -0.2) is 11.6 Å². The lowest BCUT2D eigenvalue weighted by Gasteiger charge is -2.31. The lowest BCUT2D eigenvalue weighted by Crippen LogP contribution is -2.48. The Morgan fingerprint density at radius 1 is 1.37 bits per heavy atom. The Labute approximate surface area is 109 Å².